The van der Waals surface area contributed by atoms with Crippen molar-refractivity contribution >= 4 is 11.6 Å². The molecule has 2 heteroatoms. The molecule has 0 saturated carbocycles. The number of rotatable bonds is 11. The van der Waals surface area contributed by atoms with Crippen LogP contribution >= 0.6 is 0 Å². The number of hydrogen-bond acceptors (Lipinski definition) is 2. The summed E-state index contributed by atoms with van der Waals surface area (Å²) < 4.78 is 0. The summed E-state index contributed by atoms with van der Waals surface area (Å²) >= 11 is 0. The van der Waals surface area contributed by atoms with E-state index in [1.807, 2.05) is 0 Å². The highest BCUT2D eigenvalue weighted by molar-refractivity contribution is 5.92. The van der Waals surface area contributed by atoms with Crippen molar-refractivity contribution in [3.63, 3.8) is 0 Å². The second-order valence-corrected chi connectivity index (χ2v) is 4.84. The van der Waals surface area contributed by atoms with Gasteiger partial charge in [0.05, 0.1) is 0 Å². The SMILES string of the molecule is C=C(CCCCCCCCCC(C)=O)C(C)=O. The minimum Gasteiger partial charge on any atom is -0.300 e. The molecule has 0 spiro atoms. The molecule has 0 unspecified atom stereocenters. The summed E-state index contributed by atoms with van der Waals surface area (Å²) in [5, 5.41) is 0. The van der Waals surface area contributed by atoms with E-state index in [0.717, 1.165) is 31.3 Å². The van der Waals surface area contributed by atoms with Crippen molar-refractivity contribution < 1.29 is 9.59 Å². The highest BCUT2D eigenvalue weighted by Gasteiger charge is 1.99. The van der Waals surface area contributed by atoms with Gasteiger partial charge in [0.2, 0.25) is 0 Å². The first-order chi connectivity index (χ1) is 8.04. The maximum absolute atomic E-state index is 10.9. The Bertz CT molecular complexity index is 254. The van der Waals surface area contributed by atoms with E-state index in [2.05, 4.69) is 6.58 Å². The molecule has 0 aliphatic heterocycles. The van der Waals surface area contributed by atoms with Crippen molar-refractivity contribution in [2.24, 2.45) is 0 Å². The summed E-state index contributed by atoms with van der Waals surface area (Å²) in [6.45, 7) is 6.98. The topological polar surface area (TPSA) is 34.1 Å². The maximum atomic E-state index is 10.9. The summed E-state index contributed by atoms with van der Waals surface area (Å²) in [4.78, 5) is 21.6. The molecule has 98 valence electrons. The Morgan fingerprint density at radius 3 is 1.59 bits per heavy atom. The van der Waals surface area contributed by atoms with Crippen LogP contribution in [0.25, 0.3) is 0 Å². The predicted molar refractivity (Wildman–Crippen MR) is 72.1 cm³/mol. The van der Waals surface area contributed by atoms with Crippen LogP contribution in [0.5, 0.6) is 0 Å². The average Bonchev–Trinajstić information content (AvgIpc) is 2.25. The standard InChI is InChI=1S/C15H26O2/c1-13(15(3)17)11-9-7-5-4-6-8-10-12-14(2)16/h1,4-12H2,2-3H3. The van der Waals surface area contributed by atoms with E-state index < -0.39 is 0 Å². The van der Waals surface area contributed by atoms with Gasteiger partial charge in [0, 0.05) is 6.42 Å². The molecule has 17 heavy (non-hydrogen) atoms. The molecule has 2 nitrogen and oxygen atoms in total. The minimum absolute atomic E-state index is 0.120. The fraction of sp³-hybridized carbons (Fsp3) is 0.733. The lowest BCUT2D eigenvalue weighted by Crippen LogP contribution is -1.94. The molecule has 0 aliphatic carbocycles. The van der Waals surface area contributed by atoms with Gasteiger partial charge < -0.3 is 4.79 Å². The molecular formula is C15H26O2. The van der Waals surface area contributed by atoms with Crippen LogP contribution < -0.4 is 0 Å². The van der Waals surface area contributed by atoms with Crippen molar-refractivity contribution in [1.29, 1.82) is 0 Å². The van der Waals surface area contributed by atoms with Gasteiger partial charge in [0.15, 0.2) is 5.78 Å². The van der Waals surface area contributed by atoms with Gasteiger partial charge in [0.1, 0.15) is 5.78 Å². The third-order valence-electron chi connectivity index (χ3n) is 3.01. The zero-order valence-electron chi connectivity index (χ0n) is 11.4. The lowest BCUT2D eigenvalue weighted by atomic mass is 10.0. The second-order valence-electron chi connectivity index (χ2n) is 4.84. The van der Waals surface area contributed by atoms with E-state index in [-0.39, 0.29) is 5.78 Å². The monoisotopic (exact) mass is 238 g/mol. The number of ketones is 2. The van der Waals surface area contributed by atoms with Crippen molar-refractivity contribution in [2.45, 2.75) is 71.6 Å². The Hall–Kier alpha value is -0.920. The highest BCUT2D eigenvalue weighted by Crippen LogP contribution is 2.12. The van der Waals surface area contributed by atoms with Crippen LogP contribution in [0.3, 0.4) is 0 Å². The smallest absolute Gasteiger partial charge is 0.155 e. The van der Waals surface area contributed by atoms with Crippen LogP contribution in [0.2, 0.25) is 0 Å². The summed E-state index contributed by atoms with van der Waals surface area (Å²) in [6.07, 6.45) is 9.73. The summed E-state index contributed by atoms with van der Waals surface area (Å²) in [7, 11) is 0. The number of carbonyl (C=O) groups is 2. The Kier molecular flexibility index (Phi) is 9.69. The lowest BCUT2D eigenvalue weighted by Gasteiger charge is -2.02. The molecule has 0 heterocycles. The molecular weight excluding hydrogens is 212 g/mol. The van der Waals surface area contributed by atoms with Crippen LogP contribution in [0.4, 0.5) is 0 Å². The van der Waals surface area contributed by atoms with Crippen LogP contribution in [-0.2, 0) is 9.59 Å². The number of carbonyl (C=O) groups excluding carboxylic acids is 2. The summed E-state index contributed by atoms with van der Waals surface area (Å²) in [5.41, 5.74) is 0.756. The third-order valence-corrected chi connectivity index (χ3v) is 3.01. The largest absolute Gasteiger partial charge is 0.300 e. The molecule has 0 bridgehead atoms. The molecule has 0 N–H and O–H groups in total. The minimum atomic E-state index is 0.120. The van der Waals surface area contributed by atoms with E-state index in [9.17, 15) is 9.59 Å². The van der Waals surface area contributed by atoms with Gasteiger partial charge in [-0.2, -0.15) is 0 Å². The molecule has 0 saturated heterocycles. The van der Waals surface area contributed by atoms with E-state index in [1.165, 1.54) is 32.1 Å². The molecule has 0 rings (SSSR count). The van der Waals surface area contributed by atoms with Crippen molar-refractivity contribution in [2.75, 3.05) is 0 Å². The first-order valence-corrected chi connectivity index (χ1v) is 6.72. The summed E-state index contributed by atoms with van der Waals surface area (Å²) in [5.74, 6) is 0.418. The molecule has 0 radical (unpaired) electrons. The van der Waals surface area contributed by atoms with Gasteiger partial charge in [-0.05, 0) is 38.7 Å². The molecule has 0 atom stereocenters. The molecule has 0 aromatic rings. The third kappa shape index (κ3) is 11.3. The zero-order valence-corrected chi connectivity index (χ0v) is 11.4. The molecule has 0 aliphatic rings. The fourth-order valence-electron chi connectivity index (χ4n) is 1.77. The molecule has 0 aromatic heterocycles. The quantitative estimate of drug-likeness (QED) is 0.399. The predicted octanol–water partition coefficient (Wildman–Crippen LogP) is 4.23. The number of Topliss-reactive ketones (excluding diaryl/α,β-unsaturated/α-hetero) is 2. The Labute approximate surface area is 105 Å². The van der Waals surface area contributed by atoms with E-state index in [0.29, 0.717) is 5.78 Å². The van der Waals surface area contributed by atoms with Crippen LogP contribution in [-0.4, -0.2) is 11.6 Å². The van der Waals surface area contributed by atoms with Gasteiger partial charge in [-0.15, -0.1) is 0 Å². The Morgan fingerprint density at radius 2 is 1.18 bits per heavy atom. The number of allylic oxidation sites excluding steroid dienone is 1. The number of hydrogen-bond donors (Lipinski definition) is 0. The van der Waals surface area contributed by atoms with Gasteiger partial charge >= 0.3 is 0 Å². The van der Waals surface area contributed by atoms with Crippen LogP contribution in [0, 0.1) is 0 Å². The number of unbranched alkanes of at least 4 members (excludes halogenated alkanes) is 6. The Balaban J connectivity index is 3.16. The van der Waals surface area contributed by atoms with Crippen molar-refractivity contribution in [3.05, 3.63) is 12.2 Å². The molecule has 0 aromatic carbocycles. The first kappa shape index (κ1) is 16.1. The van der Waals surface area contributed by atoms with E-state index in [4.69, 9.17) is 0 Å². The average molecular weight is 238 g/mol. The van der Waals surface area contributed by atoms with E-state index >= 15 is 0 Å². The lowest BCUT2D eigenvalue weighted by molar-refractivity contribution is -0.117. The molecule has 0 fully saturated rings. The van der Waals surface area contributed by atoms with Crippen LogP contribution in [0.1, 0.15) is 71.6 Å². The highest BCUT2D eigenvalue weighted by atomic mass is 16.1. The van der Waals surface area contributed by atoms with Crippen LogP contribution in [0.15, 0.2) is 12.2 Å². The second kappa shape index (κ2) is 10.2. The molecule has 0 amide bonds. The van der Waals surface area contributed by atoms with Gasteiger partial charge in [-0.1, -0.05) is 38.7 Å². The maximum Gasteiger partial charge on any atom is 0.155 e. The normalized spacial score (nSPS) is 10.2. The first-order valence-electron chi connectivity index (χ1n) is 6.72. The van der Waals surface area contributed by atoms with Crippen molar-refractivity contribution in [3.8, 4) is 0 Å². The zero-order chi connectivity index (χ0) is 13.1. The van der Waals surface area contributed by atoms with Gasteiger partial charge in [-0.25, -0.2) is 0 Å². The summed E-state index contributed by atoms with van der Waals surface area (Å²) in [6, 6.07) is 0. The van der Waals surface area contributed by atoms with E-state index in [1.54, 1.807) is 13.8 Å². The van der Waals surface area contributed by atoms with Crippen molar-refractivity contribution in [1.82, 2.24) is 0 Å². The van der Waals surface area contributed by atoms with Gasteiger partial charge in [0.25, 0.3) is 0 Å². The Morgan fingerprint density at radius 1 is 0.765 bits per heavy atom. The van der Waals surface area contributed by atoms with Gasteiger partial charge in [-0.3, -0.25) is 4.79 Å². The fourth-order valence-corrected chi connectivity index (χ4v) is 1.77.